The maximum Gasteiger partial charge on any atom is 0.211 e. The highest BCUT2D eigenvalue weighted by Gasteiger charge is 2.43. The molecule has 1 aliphatic heterocycles. The molecule has 29 heavy (non-hydrogen) atoms. The Bertz CT molecular complexity index is 1040. The van der Waals surface area contributed by atoms with Crippen molar-refractivity contribution >= 4 is 40.8 Å². The summed E-state index contributed by atoms with van der Waals surface area (Å²) in [6.45, 7) is 1.96. The van der Waals surface area contributed by atoms with Gasteiger partial charge in [-0.05, 0) is 37.2 Å². The van der Waals surface area contributed by atoms with Crippen LogP contribution in [0.25, 0.3) is 5.65 Å². The van der Waals surface area contributed by atoms with Crippen molar-refractivity contribution in [3.8, 4) is 0 Å². The second-order valence-corrected chi connectivity index (χ2v) is 9.46. The number of piperidine rings is 1. The molecule has 9 heteroatoms. The maximum atomic E-state index is 6.44. The van der Waals surface area contributed by atoms with E-state index in [4.69, 9.17) is 28.1 Å². The highest BCUT2D eigenvalue weighted by molar-refractivity contribution is 7.99. The van der Waals surface area contributed by atoms with Crippen molar-refractivity contribution in [2.45, 2.75) is 47.9 Å². The van der Waals surface area contributed by atoms with Gasteiger partial charge in [-0.3, -0.25) is 4.40 Å². The summed E-state index contributed by atoms with van der Waals surface area (Å²) >= 11 is 7.82. The molecule has 1 aliphatic carbocycles. The van der Waals surface area contributed by atoms with Crippen LogP contribution in [0.1, 0.15) is 32.1 Å². The molecule has 1 saturated carbocycles. The van der Waals surface area contributed by atoms with Crippen LogP contribution in [0.5, 0.6) is 0 Å². The number of nitrogens with zero attached hydrogens (tertiary/aromatic N) is 5. The third-order valence-electron chi connectivity index (χ3n) is 6.49. The largest absolute Gasteiger partial charge is 0.382 e. The number of hydrogen-bond donors (Lipinski definition) is 2. The van der Waals surface area contributed by atoms with Crippen LogP contribution in [0.3, 0.4) is 0 Å². The first-order valence-electron chi connectivity index (χ1n) is 9.98. The summed E-state index contributed by atoms with van der Waals surface area (Å²) in [5.41, 5.74) is 13.5. The quantitative estimate of drug-likeness (QED) is 0.656. The van der Waals surface area contributed by atoms with Gasteiger partial charge in [0.1, 0.15) is 5.82 Å². The van der Waals surface area contributed by atoms with Crippen LogP contribution in [0.4, 0.5) is 11.8 Å². The Kier molecular flexibility index (Phi) is 4.80. The second-order valence-electron chi connectivity index (χ2n) is 8.00. The molecular formula is C20H24ClN7S. The molecule has 0 aromatic carbocycles. The summed E-state index contributed by atoms with van der Waals surface area (Å²) < 4.78 is 2.06. The minimum atomic E-state index is 0.327. The number of aromatic nitrogens is 4. The van der Waals surface area contributed by atoms with E-state index in [9.17, 15) is 0 Å². The first-order chi connectivity index (χ1) is 14.1. The normalized spacial score (nSPS) is 21.3. The number of nitrogens with two attached hydrogens (primary N) is 2. The minimum Gasteiger partial charge on any atom is -0.382 e. The maximum absolute atomic E-state index is 6.44. The Morgan fingerprint density at radius 3 is 2.69 bits per heavy atom. The molecule has 4 heterocycles. The number of halogens is 1. The predicted octanol–water partition coefficient (Wildman–Crippen LogP) is 3.61. The minimum absolute atomic E-state index is 0.327. The number of anilines is 2. The first kappa shape index (κ1) is 19.0. The summed E-state index contributed by atoms with van der Waals surface area (Å²) in [5.74, 6) is 1.26. The molecule has 2 fully saturated rings. The fraction of sp³-hybridized carbons (Fsp3) is 0.450. The van der Waals surface area contributed by atoms with E-state index in [0.717, 1.165) is 53.7 Å². The van der Waals surface area contributed by atoms with Crippen LogP contribution in [0.2, 0.25) is 5.02 Å². The van der Waals surface area contributed by atoms with E-state index in [1.165, 1.54) is 24.6 Å². The van der Waals surface area contributed by atoms with Gasteiger partial charge >= 0.3 is 0 Å². The molecule has 3 aromatic heterocycles. The molecule has 3 aromatic rings. The highest BCUT2D eigenvalue weighted by Crippen LogP contribution is 2.46. The average molecular weight is 430 g/mol. The molecular weight excluding hydrogens is 406 g/mol. The predicted molar refractivity (Wildman–Crippen MR) is 116 cm³/mol. The lowest BCUT2D eigenvalue weighted by molar-refractivity contribution is 0.197. The number of nitrogen functional groups attached to an aromatic ring is 1. The second kappa shape index (κ2) is 7.34. The third kappa shape index (κ3) is 3.23. The Labute approximate surface area is 178 Å². The van der Waals surface area contributed by atoms with Gasteiger partial charge in [-0.2, -0.15) is 0 Å². The van der Waals surface area contributed by atoms with E-state index in [-0.39, 0.29) is 0 Å². The van der Waals surface area contributed by atoms with Crippen molar-refractivity contribution < 1.29 is 0 Å². The Morgan fingerprint density at radius 1 is 1.10 bits per heavy atom. The molecule has 1 atom stereocenters. The lowest BCUT2D eigenvalue weighted by Crippen LogP contribution is -2.47. The molecule has 1 saturated heterocycles. The number of hydrogen-bond acceptors (Lipinski definition) is 7. The molecule has 0 amide bonds. The lowest BCUT2D eigenvalue weighted by Gasteiger charge is -2.42. The number of pyridine rings is 1. The Balaban J connectivity index is 1.42. The van der Waals surface area contributed by atoms with Gasteiger partial charge in [0, 0.05) is 48.8 Å². The fourth-order valence-electron chi connectivity index (χ4n) is 4.77. The summed E-state index contributed by atoms with van der Waals surface area (Å²) in [6, 6.07) is 2.20. The van der Waals surface area contributed by atoms with E-state index in [0.29, 0.717) is 22.3 Å². The van der Waals surface area contributed by atoms with Crippen molar-refractivity contribution in [1.29, 1.82) is 0 Å². The van der Waals surface area contributed by atoms with Crippen LogP contribution < -0.4 is 16.4 Å². The molecule has 2 aliphatic rings. The molecule has 0 unspecified atom stereocenters. The molecule has 0 bridgehead atoms. The molecule has 4 N–H and O–H groups in total. The summed E-state index contributed by atoms with van der Waals surface area (Å²) in [6.07, 6.45) is 13.3. The summed E-state index contributed by atoms with van der Waals surface area (Å²) in [7, 11) is 0. The van der Waals surface area contributed by atoms with Crippen LogP contribution in [-0.2, 0) is 0 Å². The SMILES string of the molecule is Nc1nccc(Sc2cnc(N3CCC4(CCC[C@H]4N)CC3)n3ccnc23)c1Cl. The van der Waals surface area contributed by atoms with Gasteiger partial charge in [0.05, 0.1) is 9.92 Å². The van der Waals surface area contributed by atoms with Crippen molar-refractivity contribution in [1.82, 2.24) is 19.4 Å². The van der Waals surface area contributed by atoms with E-state index < -0.39 is 0 Å². The van der Waals surface area contributed by atoms with Crippen molar-refractivity contribution in [2.24, 2.45) is 11.1 Å². The number of imidazole rings is 1. The Morgan fingerprint density at radius 2 is 1.93 bits per heavy atom. The molecule has 7 nitrogen and oxygen atoms in total. The smallest absolute Gasteiger partial charge is 0.211 e. The monoisotopic (exact) mass is 429 g/mol. The summed E-state index contributed by atoms with van der Waals surface area (Å²) in [5, 5.41) is 0.459. The topological polar surface area (TPSA) is 98.4 Å². The summed E-state index contributed by atoms with van der Waals surface area (Å²) in [4.78, 5) is 17.5. The van der Waals surface area contributed by atoms with Gasteiger partial charge < -0.3 is 16.4 Å². The fourth-order valence-corrected chi connectivity index (χ4v) is 5.90. The average Bonchev–Trinajstić information content (AvgIpc) is 3.35. The third-order valence-corrected chi connectivity index (χ3v) is 8.07. The van der Waals surface area contributed by atoms with Gasteiger partial charge in [-0.15, -0.1) is 0 Å². The zero-order valence-electron chi connectivity index (χ0n) is 16.1. The van der Waals surface area contributed by atoms with Crippen molar-refractivity contribution in [3.05, 3.63) is 35.9 Å². The molecule has 1 spiro atoms. The number of rotatable bonds is 3. The number of fused-ring (bicyclic) bond motifs is 1. The standard InChI is InChI=1S/C20H24ClN7S/c21-16-13(3-7-24-17(16)23)29-14-12-26-19(28-11-8-25-18(14)28)27-9-5-20(6-10-27)4-1-2-15(20)22/h3,7-8,11-12,15H,1-2,4-6,9-10,22H2,(H2,23,24)/t15-/m1/s1. The van der Waals surface area contributed by atoms with Gasteiger partial charge in [-0.1, -0.05) is 29.8 Å². The molecule has 152 valence electrons. The molecule has 0 radical (unpaired) electrons. The van der Waals surface area contributed by atoms with Crippen LogP contribution in [-0.4, -0.2) is 38.5 Å². The van der Waals surface area contributed by atoms with E-state index in [1.54, 1.807) is 6.20 Å². The van der Waals surface area contributed by atoms with E-state index >= 15 is 0 Å². The van der Waals surface area contributed by atoms with Gasteiger partial charge in [0.2, 0.25) is 5.95 Å². The first-order valence-corrected chi connectivity index (χ1v) is 11.2. The van der Waals surface area contributed by atoms with Crippen molar-refractivity contribution in [2.75, 3.05) is 23.7 Å². The van der Waals surface area contributed by atoms with E-state index in [1.807, 2.05) is 24.7 Å². The van der Waals surface area contributed by atoms with E-state index in [2.05, 4.69) is 19.3 Å². The zero-order valence-corrected chi connectivity index (χ0v) is 17.7. The van der Waals surface area contributed by atoms with Crippen LogP contribution >= 0.6 is 23.4 Å². The Hall–Kier alpha value is -2.03. The van der Waals surface area contributed by atoms with Crippen LogP contribution in [0.15, 0.2) is 40.6 Å². The lowest BCUT2D eigenvalue weighted by atomic mass is 9.74. The zero-order chi connectivity index (χ0) is 20.0. The van der Waals surface area contributed by atoms with Crippen LogP contribution in [0, 0.1) is 5.41 Å². The molecule has 5 rings (SSSR count). The van der Waals surface area contributed by atoms with Crippen molar-refractivity contribution in [3.63, 3.8) is 0 Å². The highest BCUT2D eigenvalue weighted by atomic mass is 35.5. The van der Waals surface area contributed by atoms with Gasteiger partial charge in [-0.25, -0.2) is 15.0 Å². The van der Waals surface area contributed by atoms with Gasteiger partial charge in [0.25, 0.3) is 0 Å². The van der Waals surface area contributed by atoms with Gasteiger partial charge in [0.15, 0.2) is 5.65 Å².